The summed E-state index contributed by atoms with van der Waals surface area (Å²) in [6, 6.07) is 0.0301. The second-order valence-electron chi connectivity index (χ2n) is 5.62. The summed E-state index contributed by atoms with van der Waals surface area (Å²) in [5.41, 5.74) is -0.805. The first-order chi connectivity index (χ1) is 10.0. The molecule has 1 aliphatic carbocycles. The van der Waals surface area contributed by atoms with Gasteiger partial charge in [-0.2, -0.15) is 0 Å². The van der Waals surface area contributed by atoms with Crippen LogP contribution < -0.4 is 10.2 Å². The monoisotopic (exact) mass is 306 g/mol. The number of nitrogens with one attached hydrogen (secondary N) is 1. The lowest BCUT2D eigenvalue weighted by Gasteiger charge is -2.27. The van der Waals surface area contributed by atoms with E-state index < -0.39 is 34.8 Å². The van der Waals surface area contributed by atoms with Gasteiger partial charge in [0.25, 0.3) is 0 Å². The van der Waals surface area contributed by atoms with Crippen molar-refractivity contribution in [1.29, 1.82) is 0 Å². The Balaban J connectivity index is 1.98. The summed E-state index contributed by atoms with van der Waals surface area (Å²) in [5, 5.41) is 3.27. The highest BCUT2D eigenvalue weighted by atomic mass is 19.2. The van der Waals surface area contributed by atoms with Crippen molar-refractivity contribution in [3.63, 3.8) is 0 Å². The molecule has 116 valence electrons. The fourth-order valence-electron chi connectivity index (χ4n) is 2.84. The van der Waals surface area contributed by atoms with Gasteiger partial charge < -0.3 is 10.2 Å². The lowest BCUT2D eigenvalue weighted by molar-refractivity contribution is 0.377. The fourth-order valence-corrected chi connectivity index (χ4v) is 2.84. The molecule has 0 radical (unpaired) electrons. The van der Waals surface area contributed by atoms with Gasteiger partial charge in [0.1, 0.15) is 5.69 Å². The number of anilines is 1. The first kappa shape index (κ1) is 14.6. The zero-order chi connectivity index (χ0) is 15.1. The van der Waals surface area contributed by atoms with E-state index in [0.29, 0.717) is 18.9 Å². The second-order valence-corrected chi connectivity index (χ2v) is 5.62. The number of halogens is 5. The van der Waals surface area contributed by atoms with Crippen LogP contribution in [-0.4, -0.2) is 25.7 Å². The van der Waals surface area contributed by atoms with Gasteiger partial charge in [-0.1, -0.05) is 0 Å². The van der Waals surface area contributed by atoms with Crippen molar-refractivity contribution >= 4 is 5.69 Å². The minimum Gasteiger partial charge on any atom is -0.365 e. The topological polar surface area (TPSA) is 15.3 Å². The Morgan fingerprint density at radius 1 is 0.857 bits per heavy atom. The van der Waals surface area contributed by atoms with Crippen LogP contribution in [0.1, 0.15) is 19.3 Å². The van der Waals surface area contributed by atoms with Crippen molar-refractivity contribution in [2.24, 2.45) is 5.92 Å². The molecule has 0 amide bonds. The van der Waals surface area contributed by atoms with E-state index in [4.69, 9.17) is 0 Å². The van der Waals surface area contributed by atoms with Gasteiger partial charge in [-0.3, -0.25) is 0 Å². The molecule has 1 aromatic rings. The number of benzene rings is 1. The van der Waals surface area contributed by atoms with Crippen LogP contribution in [-0.2, 0) is 0 Å². The van der Waals surface area contributed by atoms with Gasteiger partial charge in [0.15, 0.2) is 23.3 Å². The van der Waals surface area contributed by atoms with Gasteiger partial charge >= 0.3 is 0 Å². The third-order valence-corrected chi connectivity index (χ3v) is 4.12. The maximum atomic E-state index is 13.9. The predicted octanol–water partition coefficient (Wildman–Crippen LogP) is 2.96. The molecular weight excluding hydrogens is 291 g/mol. The van der Waals surface area contributed by atoms with Gasteiger partial charge in [0, 0.05) is 19.1 Å². The molecule has 1 aromatic carbocycles. The molecule has 0 aromatic heterocycles. The molecule has 0 bridgehead atoms. The summed E-state index contributed by atoms with van der Waals surface area (Å²) in [4.78, 5) is 1.28. The average Bonchev–Trinajstić information content (AvgIpc) is 3.29. The van der Waals surface area contributed by atoms with Crippen LogP contribution in [0.25, 0.3) is 0 Å². The van der Waals surface area contributed by atoms with E-state index in [1.807, 2.05) is 0 Å². The van der Waals surface area contributed by atoms with Crippen molar-refractivity contribution < 1.29 is 22.0 Å². The van der Waals surface area contributed by atoms with Crippen molar-refractivity contribution in [3.05, 3.63) is 29.1 Å². The Morgan fingerprint density at radius 2 is 1.43 bits per heavy atom. The van der Waals surface area contributed by atoms with Crippen molar-refractivity contribution in [1.82, 2.24) is 5.32 Å². The summed E-state index contributed by atoms with van der Waals surface area (Å²) < 4.78 is 67.5. The molecule has 1 heterocycles. The molecule has 1 saturated heterocycles. The number of nitrogens with zero attached hydrogens (tertiary/aromatic N) is 1. The highest BCUT2D eigenvalue weighted by molar-refractivity contribution is 5.51. The molecule has 3 rings (SSSR count). The molecule has 1 N–H and O–H groups in total. The maximum Gasteiger partial charge on any atom is 0.200 e. The average molecular weight is 306 g/mol. The van der Waals surface area contributed by atoms with Crippen molar-refractivity contribution in [3.8, 4) is 0 Å². The lowest BCUT2D eigenvalue weighted by atomic mass is 10.1. The zero-order valence-electron chi connectivity index (χ0n) is 11.2. The van der Waals surface area contributed by atoms with E-state index in [0.717, 1.165) is 12.8 Å². The van der Waals surface area contributed by atoms with E-state index in [1.54, 1.807) is 0 Å². The minimum atomic E-state index is -2.11. The molecule has 0 spiro atoms. The summed E-state index contributed by atoms with van der Waals surface area (Å²) in [7, 11) is 0. The van der Waals surface area contributed by atoms with E-state index >= 15 is 0 Å². The van der Waals surface area contributed by atoms with Crippen LogP contribution in [0.3, 0.4) is 0 Å². The molecule has 1 aliphatic heterocycles. The van der Waals surface area contributed by atoms with Crippen molar-refractivity contribution in [2.75, 3.05) is 24.5 Å². The molecule has 1 atom stereocenters. The summed E-state index contributed by atoms with van der Waals surface area (Å²) in [6.45, 7) is 1.19. The Bertz CT molecular complexity index is 530. The molecule has 7 heteroatoms. The molecule has 2 aliphatic rings. The summed E-state index contributed by atoms with van der Waals surface area (Å²) >= 11 is 0. The molecule has 1 unspecified atom stereocenters. The highest BCUT2D eigenvalue weighted by Gasteiger charge is 2.36. The number of hydrogen-bond donors (Lipinski definition) is 1. The molecule has 21 heavy (non-hydrogen) atoms. The highest BCUT2D eigenvalue weighted by Crippen LogP contribution is 2.36. The molecular formula is C14H15F5N2. The van der Waals surface area contributed by atoms with Crippen molar-refractivity contribution in [2.45, 2.75) is 25.3 Å². The smallest absolute Gasteiger partial charge is 0.200 e. The number of rotatable bonds is 2. The first-order valence-electron chi connectivity index (χ1n) is 7.00. The largest absolute Gasteiger partial charge is 0.365 e. The van der Waals surface area contributed by atoms with E-state index in [9.17, 15) is 22.0 Å². The Kier molecular flexibility index (Phi) is 3.77. The zero-order valence-corrected chi connectivity index (χ0v) is 11.2. The predicted molar refractivity (Wildman–Crippen MR) is 67.6 cm³/mol. The third kappa shape index (κ3) is 2.59. The van der Waals surface area contributed by atoms with Gasteiger partial charge in [-0.05, 0) is 31.7 Å². The normalized spacial score (nSPS) is 23.3. The van der Waals surface area contributed by atoms with E-state index in [1.165, 1.54) is 4.90 Å². The lowest BCUT2D eigenvalue weighted by Crippen LogP contribution is -2.40. The van der Waals surface area contributed by atoms with E-state index in [2.05, 4.69) is 5.32 Å². The Hall–Kier alpha value is -1.37. The van der Waals surface area contributed by atoms with Gasteiger partial charge in [-0.25, -0.2) is 22.0 Å². The van der Waals surface area contributed by atoms with Crippen LogP contribution in [0.5, 0.6) is 0 Å². The summed E-state index contributed by atoms with van der Waals surface area (Å²) in [6.07, 6.45) is 2.65. The van der Waals surface area contributed by atoms with Crippen LogP contribution in [0.15, 0.2) is 0 Å². The van der Waals surface area contributed by atoms with Crippen LogP contribution in [0.2, 0.25) is 0 Å². The summed E-state index contributed by atoms with van der Waals surface area (Å²) in [5.74, 6) is -8.95. The van der Waals surface area contributed by atoms with Crippen LogP contribution >= 0.6 is 0 Å². The van der Waals surface area contributed by atoms with E-state index in [-0.39, 0.29) is 19.1 Å². The second kappa shape index (κ2) is 5.44. The molecule has 1 saturated carbocycles. The Morgan fingerprint density at radius 3 is 2.00 bits per heavy atom. The van der Waals surface area contributed by atoms with Gasteiger partial charge in [0.2, 0.25) is 5.82 Å². The standard InChI is InChI=1S/C14H15F5N2/c15-9-10(16)12(18)14(13(19)11(9)17)21-5-1-4-20-8(6-21)7-2-3-7/h7-8,20H,1-6H2. The van der Waals surface area contributed by atoms with Crippen LogP contribution in [0.4, 0.5) is 27.6 Å². The molecule has 2 nitrogen and oxygen atoms in total. The van der Waals surface area contributed by atoms with Gasteiger partial charge in [-0.15, -0.1) is 0 Å². The third-order valence-electron chi connectivity index (χ3n) is 4.12. The SMILES string of the molecule is Fc1c(F)c(F)c(N2CCCNC(C3CC3)C2)c(F)c1F. The minimum absolute atomic E-state index is 0.0301. The number of hydrogen-bond acceptors (Lipinski definition) is 2. The van der Waals surface area contributed by atoms with Crippen LogP contribution in [0, 0.1) is 35.0 Å². The quantitative estimate of drug-likeness (QED) is 0.513. The van der Waals surface area contributed by atoms with Gasteiger partial charge in [0.05, 0.1) is 0 Å². The molecule has 2 fully saturated rings. The fraction of sp³-hybridized carbons (Fsp3) is 0.571. The first-order valence-corrected chi connectivity index (χ1v) is 7.00. The maximum absolute atomic E-state index is 13.9. The Labute approximate surface area is 118 Å².